The van der Waals surface area contributed by atoms with Gasteiger partial charge in [0.15, 0.2) is 6.61 Å². The lowest BCUT2D eigenvalue weighted by Gasteiger charge is -2.18. The van der Waals surface area contributed by atoms with Crippen molar-refractivity contribution in [3.8, 4) is 5.75 Å². The van der Waals surface area contributed by atoms with Crippen molar-refractivity contribution in [1.82, 2.24) is 5.32 Å². The number of hydrogen-bond acceptors (Lipinski definition) is 2. The van der Waals surface area contributed by atoms with Gasteiger partial charge in [-0.05, 0) is 69.0 Å². The molecule has 24 heavy (non-hydrogen) atoms. The minimum absolute atomic E-state index is 0.00964. The first-order chi connectivity index (χ1) is 11.3. The van der Waals surface area contributed by atoms with Gasteiger partial charge in [0.2, 0.25) is 0 Å². The summed E-state index contributed by atoms with van der Waals surface area (Å²) in [5.74, 6) is 0.587. The molecule has 1 unspecified atom stereocenters. The Bertz CT molecular complexity index is 732. The van der Waals surface area contributed by atoms with Crippen LogP contribution in [-0.2, 0) is 4.79 Å². The molecular weight excluding hydrogens is 366 g/mol. The van der Waals surface area contributed by atoms with Crippen LogP contribution >= 0.6 is 15.9 Å². The monoisotopic (exact) mass is 389 g/mol. The van der Waals surface area contributed by atoms with Crippen LogP contribution in [0.5, 0.6) is 5.75 Å². The summed E-state index contributed by atoms with van der Waals surface area (Å²) in [6.07, 6.45) is 0. The first-order valence-electron chi connectivity index (χ1n) is 8.04. The second-order valence-electron chi connectivity index (χ2n) is 6.31. The smallest absolute Gasteiger partial charge is 0.258 e. The van der Waals surface area contributed by atoms with E-state index in [4.69, 9.17) is 4.74 Å². The van der Waals surface area contributed by atoms with Crippen molar-refractivity contribution >= 4 is 21.8 Å². The van der Waals surface area contributed by atoms with Crippen molar-refractivity contribution in [2.24, 2.45) is 0 Å². The van der Waals surface area contributed by atoms with Gasteiger partial charge in [0, 0.05) is 4.47 Å². The first kappa shape index (κ1) is 18.5. The van der Waals surface area contributed by atoms with E-state index in [1.807, 2.05) is 32.9 Å². The number of carbonyl (C=O) groups excluding carboxylic acids is 1. The van der Waals surface area contributed by atoms with Gasteiger partial charge < -0.3 is 10.1 Å². The number of rotatable bonds is 5. The van der Waals surface area contributed by atoms with E-state index in [-0.39, 0.29) is 18.6 Å². The van der Waals surface area contributed by atoms with Gasteiger partial charge in [0.1, 0.15) is 5.75 Å². The van der Waals surface area contributed by atoms with Gasteiger partial charge in [-0.3, -0.25) is 4.79 Å². The van der Waals surface area contributed by atoms with E-state index in [0.29, 0.717) is 5.75 Å². The van der Waals surface area contributed by atoms with Crippen molar-refractivity contribution < 1.29 is 9.53 Å². The molecule has 0 radical (unpaired) electrons. The maximum absolute atomic E-state index is 12.2. The van der Waals surface area contributed by atoms with Gasteiger partial charge in [0.05, 0.1) is 6.04 Å². The highest BCUT2D eigenvalue weighted by Crippen LogP contribution is 2.26. The Morgan fingerprint density at radius 2 is 1.71 bits per heavy atom. The predicted molar refractivity (Wildman–Crippen MR) is 102 cm³/mol. The summed E-state index contributed by atoms with van der Waals surface area (Å²) in [6, 6.07) is 10.1. The number of aryl methyl sites for hydroxylation is 4. The lowest BCUT2D eigenvalue weighted by molar-refractivity contribution is -0.123. The number of halogens is 1. The lowest BCUT2D eigenvalue weighted by atomic mass is 10.00. The fourth-order valence-electron chi connectivity index (χ4n) is 2.73. The molecule has 3 nitrogen and oxygen atoms in total. The average Bonchev–Trinajstić information content (AvgIpc) is 2.52. The van der Waals surface area contributed by atoms with Crippen LogP contribution in [0.2, 0.25) is 0 Å². The Kier molecular flexibility index (Phi) is 6.05. The Morgan fingerprint density at radius 1 is 1.08 bits per heavy atom. The Morgan fingerprint density at radius 3 is 2.33 bits per heavy atom. The fourth-order valence-corrected chi connectivity index (χ4v) is 2.95. The zero-order chi connectivity index (χ0) is 17.9. The molecule has 0 aromatic heterocycles. The molecule has 0 saturated carbocycles. The van der Waals surface area contributed by atoms with Crippen LogP contribution in [0.4, 0.5) is 0 Å². The summed E-state index contributed by atoms with van der Waals surface area (Å²) in [7, 11) is 0. The molecule has 0 bridgehead atoms. The van der Waals surface area contributed by atoms with Gasteiger partial charge in [-0.25, -0.2) is 0 Å². The van der Waals surface area contributed by atoms with Gasteiger partial charge in [-0.2, -0.15) is 0 Å². The second kappa shape index (κ2) is 7.84. The van der Waals surface area contributed by atoms with Gasteiger partial charge >= 0.3 is 0 Å². The number of carbonyl (C=O) groups is 1. The molecule has 0 aliphatic rings. The Labute approximate surface area is 152 Å². The topological polar surface area (TPSA) is 38.3 Å². The highest BCUT2D eigenvalue weighted by Gasteiger charge is 2.13. The molecule has 0 spiro atoms. The van der Waals surface area contributed by atoms with E-state index in [9.17, 15) is 4.79 Å². The van der Waals surface area contributed by atoms with E-state index in [2.05, 4.69) is 53.3 Å². The average molecular weight is 390 g/mol. The number of ether oxygens (including phenoxy) is 1. The molecule has 128 valence electrons. The number of benzene rings is 2. The molecule has 1 amide bonds. The van der Waals surface area contributed by atoms with Crippen LogP contribution in [0.1, 0.15) is 40.8 Å². The SMILES string of the molecule is Cc1ccc(C)c(C(C)NC(=O)COc2cc(C)c(Br)c(C)c2)c1. The van der Waals surface area contributed by atoms with Crippen LogP contribution in [0, 0.1) is 27.7 Å². The molecule has 0 fully saturated rings. The highest BCUT2D eigenvalue weighted by molar-refractivity contribution is 9.10. The third kappa shape index (κ3) is 4.60. The predicted octanol–water partition coefficient (Wildman–Crippen LogP) is 4.94. The zero-order valence-electron chi connectivity index (χ0n) is 14.9. The normalized spacial score (nSPS) is 11.9. The van der Waals surface area contributed by atoms with E-state index in [1.165, 1.54) is 11.1 Å². The molecule has 0 aliphatic carbocycles. The number of hydrogen-bond donors (Lipinski definition) is 1. The quantitative estimate of drug-likeness (QED) is 0.786. The molecule has 2 aromatic rings. The van der Waals surface area contributed by atoms with E-state index >= 15 is 0 Å². The van der Waals surface area contributed by atoms with E-state index in [0.717, 1.165) is 21.2 Å². The Hall–Kier alpha value is -1.81. The van der Waals surface area contributed by atoms with Gasteiger partial charge in [-0.15, -0.1) is 0 Å². The maximum atomic E-state index is 12.2. The number of nitrogens with one attached hydrogen (secondary N) is 1. The summed E-state index contributed by atoms with van der Waals surface area (Å²) < 4.78 is 6.71. The van der Waals surface area contributed by atoms with Gasteiger partial charge in [0.25, 0.3) is 5.91 Å². The summed E-state index contributed by atoms with van der Waals surface area (Å²) >= 11 is 3.53. The van der Waals surface area contributed by atoms with Crippen molar-refractivity contribution in [2.75, 3.05) is 6.61 Å². The van der Waals surface area contributed by atoms with Crippen molar-refractivity contribution in [3.63, 3.8) is 0 Å². The van der Waals surface area contributed by atoms with Crippen molar-refractivity contribution in [1.29, 1.82) is 0 Å². The molecule has 2 aromatic carbocycles. The minimum Gasteiger partial charge on any atom is -0.484 e. The molecule has 4 heteroatoms. The van der Waals surface area contributed by atoms with Gasteiger partial charge in [-0.1, -0.05) is 39.7 Å². The molecule has 1 N–H and O–H groups in total. The summed E-state index contributed by atoms with van der Waals surface area (Å²) in [6.45, 7) is 10.1. The molecule has 1 atom stereocenters. The Balaban J connectivity index is 1.97. The molecule has 0 aliphatic heterocycles. The van der Waals surface area contributed by atoms with Crippen LogP contribution in [0.15, 0.2) is 34.8 Å². The lowest BCUT2D eigenvalue weighted by Crippen LogP contribution is -2.31. The van der Waals surface area contributed by atoms with Crippen LogP contribution in [-0.4, -0.2) is 12.5 Å². The van der Waals surface area contributed by atoms with E-state index in [1.54, 1.807) is 0 Å². The van der Waals surface area contributed by atoms with Crippen LogP contribution in [0.25, 0.3) is 0 Å². The molecule has 0 saturated heterocycles. The molecule has 0 heterocycles. The third-order valence-corrected chi connectivity index (χ3v) is 5.31. The minimum atomic E-state index is -0.123. The maximum Gasteiger partial charge on any atom is 0.258 e. The highest BCUT2D eigenvalue weighted by atomic mass is 79.9. The summed E-state index contributed by atoms with van der Waals surface area (Å²) in [4.78, 5) is 12.2. The van der Waals surface area contributed by atoms with Crippen molar-refractivity contribution in [2.45, 2.75) is 40.7 Å². The largest absolute Gasteiger partial charge is 0.484 e. The van der Waals surface area contributed by atoms with Crippen LogP contribution in [0.3, 0.4) is 0 Å². The zero-order valence-corrected chi connectivity index (χ0v) is 16.5. The van der Waals surface area contributed by atoms with E-state index < -0.39 is 0 Å². The summed E-state index contributed by atoms with van der Waals surface area (Å²) in [5.41, 5.74) is 5.68. The van der Waals surface area contributed by atoms with Crippen LogP contribution < -0.4 is 10.1 Å². The molecule has 2 rings (SSSR count). The first-order valence-corrected chi connectivity index (χ1v) is 8.83. The molecular formula is C20H24BrNO2. The standard InChI is InChI=1S/C20H24BrNO2/c1-12-6-7-13(2)18(8-12)16(5)22-19(23)11-24-17-9-14(3)20(21)15(4)10-17/h6-10,16H,11H2,1-5H3,(H,22,23). The number of amides is 1. The fraction of sp³-hybridized carbons (Fsp3) is 0.350. The second-order valence-corrected chi connectivity index (χ2v) is 7.10. The van der Waals surface area contributed by atoms with Crippen molar-refractivity contribution in [3.05, 3.63) is 62.6 Å². The summed E-state index contributed by atoms with van der Waals surface area (Å²) in [5, 5.41) is 3.00. The third-order valence-electron chi connectivity index (χ3n) is 4.06.